The number of carbonyl (C=O) groups excluding carboxylic acids is 3. The molecule has 1 aliphatic heterocycles. The zero-order valence-corrected chi connectivity index (χ0v) is 21.7. The molecule has 1 saturated heterocycles. The standard InChI is InChI=1S/C30H37NO5/c1-5-35-27(33)25-20-24(26(32)31(25)28(34)36-29(2,3)4)21-16-18-30(19-17-21,22-12-8-6-9-13-22)23-14-10-7-11-15-23/h6-15,21,24-25H,5,16-20H2,1-4H3/t24-,25+/m1/s1. The van der Waals surface area contributed by atoms with Crippen molar-refractivity contribution in [3.05, 3.63) is 71.8 Å². The van der Waals surface area contributed by atoms with E-state index in [2.05, 4.69) is 48.5 Å². The highest BCUT2D eigenvalue weighted by Gasteiger charge is 2.52. The molecule has 2 aliphatic rings. The molecule has 1 aliphatic carbocycles. The number of carbonyl (C=O) groups is 3. The minimum absolute atomic E-state index is 0.0856. The summed E-state index contributed by atoms with van der Waals surface area (Å²) in [5, 5.41) is 0. The Bertz CT molecular complexity index is 1030. The van der Waals surface area contributed by atoms with Crippen LogP contribution in [-0.4, -0.2) is 41.1 Å². The molecule has 2 atom stereocenters. The highest BCUT2D eigenvalue weighted by molar-refractivity contribution is 6.00. The first kappa shape index (κ1) is 25.9. The van der Waals surface area contributed by atoms with Crippen LogP contribution in [-0.2, 0) is 24.5 Å². The Labute approximate surface area is 214 Å². The van der Waals surface area contributed by atoms with Crippen molar-refractivity contribution in [1.29, 1.82) is 0 Å². The van der Waals surface area contributed by atoms with Crippen molar-refractivity contribution < 1.29 is 23.9 Å². The maximum Gasteiger partial charge on any atom is 0.417 e. The molecule has 0 bridgehead atoms. The van der Waals surface area contributed by atoms with Crippen LogP contribution in [0.5, 0.6) is 0 Å². The van der Waals surface area contributed by atoms with E-state index in [9.17, 15) is 14.4 Å². The van der Waals surface area contributed by atoms with Crippen LogP contribution in [0.1, 0.15) is 70.9 Å². The van der Waals surface area contributed by atoms with Crippen molar-refractivity contribution in [2.45, 2.75) is 76.9 Å². The van der Waals surface area contributed by atoms with Crippen LogP contribution in [0.2, 0.25) is 0 Å². The van der Waals surface area contributed by atoms with Crippen LogP contribution in [0.25, 0.3) is 0 Å². The molecule has 0 spiro atoms. The van der Waals surface area contributed by atoms with Gasteiger partial charge in [-0.05, 0) is 76.8 Å². The van der Waals surface area contributed by atoms with Gasteiger partial charge in [-0.1, -0.05) is 60.7 Å². The first-order chi connectivity index (χ1) is 17.2. The van der Waals surface area contributed by atoms with Gasteiger partial charge in [-0.15, -0.1) is 0 Å². The predicted octanol–water partition coefficient (Wildman–Crippen LogP) is 5.88. The van der Waals surface area contributed by atoms with E-state index in [4.69, 9.17) is 9.47 Å². The number of hydrogen-bond acceptors (Lipinski definition) is 5. The Kier molecular flexibility index (Phi) is 7.53. The second-order valence-electron chi connectivity index (χ2n) is 11.0. The van der Waals surface area contributed by atoms with Gasteiger partial charge in [0.15, 0.2) is 0 Å². The molecule has 0 N–H and O–H groups in total. The molecule has 4 rings (SSSR count). The van der Waals surface area contributed by atoms with Gasteiger partial charge in [0.25, 0.3) is 0 Å². The molecule has 2 aromatic rings. The van der Waals surface area contributed by atoms with Gasteiger partial charge in [-0.2, -0.15) is 0 Å². The summed E-state index contributed by atoms with van der Waals surface area (Å²) in [6, 6.07) is 20.2. The molecule has 1 saturated carbocycles. The number of hydrogen-bond donors (Lipinski definition) is 0. The zero-order valence-electron chi connectivity index (χ0n) is 21.7. The number of ether oxygens (including phenoxy) is 2. The van der Waals surface area contributed by atoms with Crippen LogP contribution in [0, 0.1) is 11.8 Å². The van der Waals surface area contributed by atoms with Gasteiger partial charge >= 0.3 is 12.1 Å². The summed E-state index contributed by atoms with van der Waals surface area (Å²) in [6.07, 6.45) is 2.96. The summed E-state index contributed by atoms with van der Waals surface area (Å²) >= 11 is 0. The lowest BCUT2D eigenvalue weighted by molar-refractivity contribution is -0.151. The maximum absolute atomic E-state index is 13.6. The van der Waals surface area contributed by atoms with E-state index in [1.807, 2.05) is 12.1 Å². The Morgan fingerprint density at radius 2 is 1.47 bits per heavy atom. The summed E-state index contributed by atoms with van der Waals surface area (Å²) < 4.78 is 10.7. The summed E-state index contributed by atoms with van der Waals surface area (Å²) in [7, 11) is 0. The molecule has 0 radical (unpaired) electrons. The quantitative estimate of drug-likeness (QED) is 0.489. The number of esters is 1. The second-order valence-corrected chi connectivity index (χ2v) is 11.0. The minimum atomic E-state index is -0.938. The lowest BCUT2D eigenvalue weighted by Gasteiger charge is -2.42. The molecular weight excluding hydrogens is 454 g/mol. The van der Waals surface area contributed by atoms with Crippen LogP contribution in [0.3, 0.4) is 0 Å². The average Bonchev–Trinajstić information content (AvgIpc) is 3.21. The number of imide groups is 1. The maximum atomic E-state index is 13.6. The highest BCUT2D eigenvalue weighted by atomic mass is 16.6. The molecule has 2 amide bonds. The van der Waals surface area contributed by atoms with Crippen LogP contribution >= 0.6 is 0 Å². The molecule has 6 heteroatoms. The Hall–Kier alpha value is -3.15. The van der Waals surface area contributed by atoms with E-state index in [0.717, 1.165) is 30.6 Å². The fourth-order valence-corrected chi connectivity index (χ4v) is 5.94. The predicted molar refractivity (Wildman–Crippen MR) is 137 cm³/mol. The SMILES string of the molecule is CCOC(=O)[C@@H]1C[C@H](C2CCC(c3ccccc3)(c3ccccc3)CC2)C(=O)N1C(=O)OC(C)(C)C. The van der Waals surface area contributed by atoms with Crippen molar-refractivity contribution in [1.82, 2.24) is 4.90 Å². The summed E-state index contributed by atoms with van der Waals surface area (Å²) in [6.45, 7) is 7.15. The van der Waals surface area contributed by atoms with E-state index in [1.165, 1.54) is 11.1 Å². The number of rotatable bonds is 5. The minimum Gasteiger partial charge on any atom is -0.464 e. The Balaban J connectivity index is 1.57. The van der Waals surface area contributed by atoms with Crippen LogP contribution < -0.4 is 0 Å². The first-order valence-electron chi connectivity index (χ1n) is 13.0. The fourth-order valence-electron chi connectivity index (χ4n) is 5.94. The molecule has 2 aromatic carbocycles. The third kappa shape index (κ3) is 5.18. The van der Waals surface area contributed by atoms with Gasteiger partial charge in [-0.25, -0.2) is 14.5 Å². The lowest BCUT2D eigenvalue weighted by Crippen LogP contribution is -2.46. The number of likely N-dealkylation sites (tertiary alicyclic amines) is 1. The van der Waals surface area contributed by atoms with Crippen LogP contribution in [0.15, 0.2) is 60.7 Å². The smallest absolute Gasteiger partial charge is 0.417 e. The summed E-state index contributed by atoms with van der Waals surface area (Å²) in [5.41, 5.74) is 1.68. The highest BCUT2D eigenvalue weighted by Crippen LogP contribution is 2.49. The lowest BCUT2D eigenvalue weighted by atomic mass is 9.61. The Morgan fingerprint density at radius 3 is 1.94 bits per heavy atom. The second kappa shape index (κ2) is 10.5. The zero-order chi connectivity index (χ0) is 25.9. The average molecular weight is 492 g/mol. The molecular formula is C30H37NO5. The van der Waals surface area contributed by atoms with Crippen molar-refractivity contribution >= 4 is 18.0 Å². The number of benzene rings is 2. The fraction of sp³-hybridized carbons (Fsp3) is 0.500. The van der Waals surface area contributed by atoms with Gasteiger partial charge in [0, 0.05) is 11.3 Å². The third-order valence-corrected chi connectivity index (χ3v) is 7.60. The molecule has 0 aromatic heterocycles. The molecule has 36 heavy (non-hydrogen) atoms. The van der Waals surface area contributed by atoms with Crippen molar-refractivity contribution in [2.75, 3.05) is 6.61 Å². The third-order valence-electron chi connectivity index (χ3n) is 7.60. The normalized spacial score (nSPS) is 22.3. The van der Waals surface area contributed by atoms with Gasteiger partial charge in [0.2, 0.25) is 5.91 Å². The van der Waals surface area contributed by atoms with Gasteiger partial charge in [0.05, 0.1) is 6.61 Å². The topological polar surface area (TPSA) is 72.9 Å². The van der Waals surface area contributed by atoms with E-state index in [0.29, 0.717) is 0 Å². The number of amides is 2. The van der Waals surface area contributed by atoms with Crippen molar-refractivity contribution in [3.8, 4) is 0 Å². The van der Waals surface area contributed by atoms with Crippen LogP contribution in [0.4, 0.5) is 4.79 Å². The van der Waals surface area contributed by atoms with Gasteiger partial charge < -0.3 is 9.47 Å². The molecule has 6 nitrogen and oxygen atoms in total. The van der Waals surface area contributed by atoms with Crippen molar-refractivity contribution in [2.24, 2.45) is 11.8 Å². The first-order valence-corrected chi connectivity index (χ1v) is 13.0. The molecule has 2 fully saturated rings. The van der Waals surface area contributed by atoms with E-state index in [-0.39, 0.29) is 30.3 Å². The molecule has 1 heterocycles. The Morgan fingerprint density at radius 1 is 0.944 bits per heavy atom. The summed E-state index contributed by atoms with van der Waals surface area (Å²) in [5.74, 6) is -1.18. The number of nitrogens with zero attached hydrogens (tertiary/aromatic N) is 1. The summed E-state index contributed by atoms with van der Waals surface area (Å²) in [4.78, 5) is 40.3. The van der Waals surface area contributed by atoms with Gasteiger partial charge in [0.1, 0.15) is 11.6 Å². The van der Waals surface area contributed by atoms with E-state index >= 15 is 0 Å². The molecule has 0 unspecified atom stereocenters. The largest absolute Gasteiger partial charge is 0.464 e. The van der Waals surface area contributed by atoms with Gasteiger partial charge in [-0.3, -0.25) is 4.79 Å². The molecule has 192 valence electrons. The van der Waals surface area contributed by atoms with E-state index < -0.39 is 29.6 Å². The monoisotopic (exact) mass is 491 g/mol. The van der Waals surface area contributed by atoms with E-state index in [1.54, 1.807) is 27.7 Å². The van der Waals surface area contributed by atoms with Crippen molar-refractivity contribution in [3.63, 3.8) is 0 Å².